The zero-order valence-electron chi connectivity index (χ0n) is 55.6. The first-order valence-electron chi connectivity index (χ1n) is 31.3. The zero-order chi connectivity index (χ0) is 61.8. The Morgan fingerprint density at radius 3 is 1.58 bits per heavy atom. The topological polar surface area (TPSA) is 81.7 Å². The molecule has 0 amide bonds. The number of benzene rings is 4. The maximum atomic E-state index is 14.1. The van der Waals surface area contributed by atoms with Gasteiger partial charge in [-0.15, -0.1) is 0 Å². The average Bonchev–Trinajstić information content (AvgIpc) is 3.48. The Kier molecular flexibility index (Phi) is 25.1. The van der Waals surface area contributed by atoms with Gasteiger partial charge in [0.2, 0.25) is 0 Å². The highest BCUT2D eigenvalue weighted by Crippen LogP contribution is 2.45. The minimum absolute atomic E-state index is 0.000313. The SMILES string of the molecule is COc1ccc(C2OC[C@H](C)[C@@H]([C@@H](C)C(=O)CC[C@H](C)C[C@H](C)[C@@H](O[Si](C)(C)C(C)(C)C)[C@@H](C)/C=C\[C@H](C[C@H](O[Si](C)(C)C(C)(C)C)[C@H](C)/C=C/COC(c3ccccc3)(c3ccccc3)c3ccccc3)O[Si](C)(C)C(C)(C)C)O2)cc1. The van der Waals surface area contributed by atoms with Crippen molar-refractivity contribution in [3.05, 3.63) is 162 Å². The van der Waals surface area contributed by atoms with Crippen molar-refractivity contribution in [3.8, 4) is 5.75 Å². The normalized spacial score (nSPS) is 20.1. The highest BCUT2D eigenvalue weighted by molar-refractivity contribution is 6.75. The molecular weight excluding hydrogens is 1080 g/mol. The predicted octanol–water partition coefficient (Wildman–Crippen LogP) is 19.3. The van der Waals surface area contributed by atoms with Crippen molar-refractivity contribution in [2.45, 2.75) is 220 Å². The van der Waals surface area contributed by atoms with Crippen LogP contribution in [0.2, 0.25) is 54.4 Å². The maximum absolute atomic E-state index is 14.1. The summed E-state index contributed by atoms with van der Waals surface area (Å²) in [6.07, 6.45) is 11.2. The highest BCUT2D eigenvalue weighted by atomic mass is 28.4. The molecule has 11 atom stereocenters. The Bertz CT molecular complexity index is 2520. The van der Waals surface area contributed by atoms with E-state index >= 15 is 0 Å². The van der Waals surface area contributed by atoms with Gasteiger partial charge in [0.05, 0.1) is 44.7 Å². The lowest BCUT2D eigenvalue weighted by atomic mass is 9.80. The van der Waals surface area contributed by atoms with E-state index in [4.69, 9.17) is 32.2 Å². The third kappa shape index (κ3) is 18.9. The Morgan fingerprint density at radius 1 is 0.614 bits per heavy atom. The summed E-state index contributed by atoms with van der Waals surface area (Å²) in [5.74, 6) is 1.59. The minimum atomic E-state index is -2.29. The van der Waals surface area contributed by atoms with Crippen molar-refractivity contribution in [2.75, 3.05) is 20.3 Å². The molecule has 1 saturated heterocycles. The first-order valence-corrected chi connectivity index (χ1v) is 40.0. The van der Waals surface area contributed by atoms with Crippen LogP contribution in [0.4, 0.5) is 0 Å². The van der Waals surface area contributed by atoms with E-state index in [1.54, 1.807) is 7.11 Å². The molecule has 0 radical (unpaired) electrons. The number of methoxy groups -OCH3 is 1. The van der Waals surface area contributed by atoms with Gasteiger partial charge in [0, 0.05) is 30.2 Å². The summed E-state index contributed by atoms with van der Waals surface area (Å²) >= 11 is 0. The van der Waals surface area contributed by atoms with Crippen molar-refractivity contribution < 1.29 is 37.0 Å². The summed E-state index contributed by atoms with van der Waals surface area (Å²) in [6.45, 7) is 49.6. The fourth-order valence-corrected chi connectivity index (χ4v) is 14.9. The van der Waals surface area contributed by atoms with Gasteiger partial charge in [-0.05, 0) is 120 Å². The van der Waals surface area contributed by atoms with Crippen LogP contribution in [0.1, 0.15) is 158 Å². The third-order valence-corrected chi connectivity index (χ3v) is 32.8. The largest absolute Gasteiger partial charge is 0.497 e. The fraction of sp³-hybridized carbons (Fsp3) is 0.597. The number of carbonyl (C=O) groups excluding carboxylic acids is 1. The van der Waals surface area contributed by atoms with E-state index in [1.807, 2.05) is 31.2 Å². The molecule has 1 unspecified atom stereocenters. The van der Waals surface area contributed by atoms with Crippen LogP contribution < -0.4 is 4.74 Å². The summed E-state index contributed by atoms with van der Waals surface area (Å²) in [7, 11) is -5.13. The molecule has 4 aromatic carbocycles. The van der Waals surface area contributed by atoms with Gasteiger partial charge in [-0.1, -0.05) is 231 Å². The number of hydrogen-bond acceptors (Lipinski definition) is 8. The average molecular weight is 1190 g/mol. The maximum Gasteiger partial charge on any atom is 0.192 e. The van der Waals surface area contributed by atoms with E-state index < -0.39 is 36.8 Å². The Morgan fingerprint density at radius 2 is 1.10 bits per heavy atom. The van der Waals surface area contributed by atoms with Crippen LogP contribution in [0.15, 0.2) is 140 Å². The molecule has 0 bridgehead atoms. The molecule has 4 aromatic rings. The summed E-state index contributed by atoms with van der Waals surface area (Å²) in [5, 5.41) is 0.0344. The molecule has 1 aliphatic heterocycles. The summed E-state index contributed by atoms with van der Waals surface area (Å²) in [5.41, 5.74) is 3.36. The summed E-state index contributed by atoms with van der Waals surface area (Å²) in [4.78, 5) is 14.1. The Balaban J connectivity index is 1.41. The van der Waals surface area contributed by atoms with Crippen molar-refractivity contribution in [3.63, 3.8) is 0 Å². The second-order valence-electron chi connectivity index (χ2n) is 29.2. The van der Waals surface area contributed by atoms with E-state index in [2.05, 4.69) is 252 Å². The van der Waals surface area contributed by atoms with Gasteiger partial charge in [0.15, 0.2) is 31.2 Å². The molecule has 1 fully saturated rings. The van der Waals surface area contributed by atoms with Crippen LogP contribution in [0.25, 0.3) is 0 Å². The lowest BCUT2D eigenvalue weighted by molar-refractivity contribution is -0.247. The van der Waals surface area contributed by atoms with Gasteiger partial charge in [-0.3, -0.25) is 4.79 Å². The smallest absolute Gasteiger partial charge is 0.192 e. The van der Waals surface area contributed by atoms with Gasteiger partial charge in [0.25, 0.3) is 0 Å². The van der Waals surface area contributed by atoms with Gasteiger partial charge in [-0.25, -0.2) is 0 Å². The molecule has 11 heteroatoms. The Hall–Kier alpha value is -3.76. The second-order valence-corrected chi connectivity index (χ2v) is 43.4. The monoisotopic (exact) mass is 1190 g/mol. The van der Waals surface area contributed by atoms with Crippen LogP contribution in [0.5, 0.6) is 5.75 Å². The van der Waals surface area contributed by atoms with Gasteiger partial charge in [-0.2, -0.15) is 0 Å². The summed E-state index contributed by atoms with van der Waals surface area (Å²) < 4.78 is 47.9. The molecule has 1 heterocycles. The van der Waals surface area contributed by atoms with Crippen LogP contribution in [0, 0.1) is 35.5 Å². The molecule has 0 aliphatic carbocycles. The first-order chi connectivity index (χ1) is 38.6. The highest BCUT2D eigenvalue weighted by Gasteiger charge is 2.45. The molecule has 8 nitrogen and oxygen atoms in total. The number of hydrogen-bond donors (Lipinski definition) is 0. The number of ether oxygens (including phenoxy) is 4. The van der Waals surface area contributed by atoms with E-state index in [0.717, 1.165) is 40.8 Å². The number of ketones is 1. The molecule has 0 N–H and O–H groups in total. The molecule has 83 heavy (non-hydrogen) atoms. The molecular formula is C72H112O8Si3. The first kappa shape index (κ1) is 70.0. The molecule has 1 aliphatic rings. The van der Waals surface area contributed by atoms with Crippen LogP contribution >= 0.6 is 0 Å². The van der Waals surface area contributed by atoms with Crippen LogP contribution in [-0.2, 0) is 37.9 Å². The number of Topliss-reactive ketones (excluding diaryl/α,β-unsaturated/α-hetero) is 1. The lowest BCUT2D eigenvalue weighted by Gasteiger charge is -2.44. The molecule has 460 valence electrons. The number of carbonyl (C=O) groups is 1. The standard InChI is InChI=1S/C72H112O8Si3/c1-52(40-47-64(73)57(6)67-56(5)51-75-68(77-67)58-42-45-62(74-16)46-43-58)49-55(4)66(80-83(21,22)71(13,14)15)54(3)41-44-63(78-81(17,18)69(7,8)9)50-65(79-82(19,20)70(10,11)12)53(2)33-32-48-76-72(59-34-26-23-27-35-59,60-36-28-24-29-37-60)61-38-30-25-31-39-61/h23-39,41-46,52-57,63,65-68H,40,47-51H2,1-22H3/b33-32+,44-41-/t52-,53+,54-,55-,56-,57-,63+,65-,66-,67-,68?/m0/s1. The molecule has 5 rings (SSSR count). The van der Waals surface area contributed by atoms with Crippen LogP contribution in [-0.4, -0.2) is 75.5 Å². The third-order valence-electron chi connectivity index (χ3n) is 19.3. The van der Waals surface area contributed by atoms with Crippen molar-refractivity contribution in [1.29, 1.82) is 0 Å². The van der Waals surface area contributed by atoms with Gasteiger partial charge >= 0.3 is 0 Å². The quantitative estimate of drug-likeness (QED) is 0.0302. The molecule has 0 saturated carbocycles. The van der Waals surface area contributed by atoms with Gasteiger partial charge < -0.3 is 32.2 Å². The molecule has 0 aromatic heterocycles. The second kappa shape index (κ2) is 29.8. The van der Waals surface area contributed by atoms with E-state index in [-0.39, 0.29) is 74.9 Å². The van der Waals surface area contributed by atoms with E-state index in [9.17, 15) is 4.79 Å². The Labute approximate surface area is 508 Å². The lowest BCUT2D eigenvalue weighted by Crippen LogP contribution is -2.48. The molecule has 0 spiro atoms. The van der Waals surface area contributed by atoms with Crippen molar-refractivity contribution in [1.82, 2.24) is 0 Å². The predicted molar refractivity (Wildman–Crippen MR) is 355 cm³/mol. The summed E-state index contributed by atoms with van der Waals surface area (Å²) in [6, 6.07) is 39.6. The van der Waals surface area contributed by atoms with E-state index in [1.165, 1.54) is 0 Å². The zero-order valence-corrected chi connectivity index (χ0v) is 58.6. The van der Waals surface area contributed by atoms with Crippen LogP contribution in [0.3, 0.4) is 0 Å². The minimum Gasteiger partial charge on any atom is -0.497 e. The van der Waals surface area contributed by atoms with E-state index in [0.29, 0.717) is 32.0 Å². The van der Waals surface area contributed by atoms with Crippen molar-refractivity contribution in [2.24, 2.45) is 35.5 Å². The fourth-order valence-electron chi connectivity index (χ4n) is 10.8. The van der Waals surface area contributed by atoms with Gasteiger partial charge in [0.1, 0.15) is 17.1 Å². The number of rotatable bonds is 29. The van der Waals surface area contributed by atoms with Crippen molar-refractivity contribution >= 4 is 30.7 Å².